The normalized spacial score (nSPS) is 14.4. The van der Waals surface area contributed by atoms with Gasteiger partial charge in [-0.05, 0) is 35.9 Å². The van der Waals surface area contributed by atoms with Gasteiger partial charge in [0.1, 0.15) is 5.75 Å². The van der Waals surface area contributed by atoms with Gasteiger partial charge in [0.15, 0.2) is 0 Å². The van der Waals surface area contributed by atoms with Gasteiger partial charge >= 0.3 is 0 Å². The number of phenols is 1. The minimum atomic E-state index is -0.412. The number of anilines is 1. The van der Waals surface area contributed by atoms with Gasteiger partial charge in [0, 0.05) is 41.5 Å². The number of aromatic nitrogens is 1. The Kier molecular flexibility index (Phi) is 5.26. The van der Waals surface area contributed by atoms with Gasteiger partial charge in [-0.25, -0.2) is 0 Å². The lowest BCUT2D eigenvalue weighted by molar-refractivity contribution is 0.450. The summed E-state index contributed by atoms with van der Waals surface area (Å²) in [6.45, 7) is 9.51. The summed E-state index contributed by atoms with van der Waals surface area (Å²) in [4.78, 5) is 9.50. The van der Waals surface area contributed by atoms with Crippen LogP contribution in [0.3, 0.4) is 0 Å². The Morgan fingerprint density at radius 3 is 2.16 bits per heavy atom. The van der Waals surface area contributed by atoms with Gasteiger partial charge in [0.2, 0.25) is 0 Å². The van der Waals surface area contributed by atoms with Crippen molar-refractivity contribution in [2.45, 2.75) is 38.5 Å². The third kappa shape index (κ3) is 3.90. The van der Waals surface area contributed by atoms with Crippen LogP contribution in [0, 0.1) is 0 Å². The van der Waals surface area contributed by atoms with Gasteiger partial charge in [-0.15, -0.1) is 0 Å². The summed E-state index contributed by atoms with van der Waals surface area (Å²) in [6.07, 6.45) is 4.20. The summed E-state index contributed by atoms with van der Waals surface area (Å²) in [6, 6.07) is 22.4. The van der Waals surface area contributed by atoms with Crippen molar-refractivity contribution < 1.29 is 5.11 Å². The highest BCUT2D eigenvalue weighted by Crippen LogP contribution is 2.38. The molecule has 0 amide bonds. The van der Waals surface area contributed by atoms with Crippen LogP contribution in [0.5, 0.6) is 5.75 Å². The highest BCUT2D eigenvalue weighted by molar-refractivity contribution is 5.54. The monoisotopic (exact) mass is 413 g/mol. The number of para-hydroxylation sites is 1. The van der Waals surface area contributed by atoms with Gasteiger partial charge in [0.05, 0.1) is 18.1 Å². The Morgan fingerprint density at radius 1 is 0.806 bits per heavy atom. The average Bonchev–Trinajstić information content (AvgIpc) is 3.20. The summed E-state index contributed by atoms with van der Waals surface area (Å²) in [7, 11) is 2.08. The minimum absolute atomic E-state index is 0.268. The third-order valence-electron chi connectivity index (χ3n) is 6.38. The molecule has 0 saturated carbocycles. The molecule has 0 bridgehead atoms. The topological polar surface area (TPSA) is 39.6 Å². The zero-order chi connectivity index (χ0) is 22.2. The van der Waals surface area contributed by atoms with E-state index in [4.69, 9.17) is 4.98 Å². The predicted octanol–water partition coefficient (Wildman–Crippen LogP) is 5.62. The van der Waals surface area contributed by atoms with E-state index in [-0.39, 0.29) is 5.41 Å². The molecule has 4 heteroatoms. The molecule has 3 aromatic rings. The first-order chi connectivity index (χ1) is 14.7. The molecule has 0 atom stereocenters. The fraction of sp³-hybridized carbons (Fsp3) is 0.296. The molecule has 0 spiro atoms. The van der Waals surface area contributed by atoms with E-state index in [0.29, 0.717) is 5.75 Å². The van der Waals surface area contributed by atoms with Crippen LogP contribution < -0.4 is 4.90 Å². The molecule has 160 valence electrons. The van der Waals surface area contributed by atoms with Crippen LogP contribution in [-0.2, 0) is 10.8 Å². The van der Waals surface area contributed by atoms with E-state index in [1.807, 2.05) is 24.3 Å². The van der Waals surface area contributed by atoms with Crippen LogP contribution in [0.1, 0.15) is 50.2 Å². The molecule has 0 radical (unpaired) electrons. The second kappa shape index (κ2) is 7.77. The van der Waals surface area contributed by atoms with Crippen LogP contribution in [0.25, 0.3) is 0 Å². The molecule has 1 aliphatic rings. The predicted molar refractivity (Wildman–Crippen MR) is 127 cm³/mol. The first kappa shape index (κ1) is 21.0. The zero-order valence-corrected chi connectivity index (χ0v) is 19.0. The van der Waals surface area contributed by atoms with Crippen molar-refractivity contribution in [3.8, 4) is 5.75 Å². The Balaban J connectivity index is 1.70. The van der Waals surface area contributed by atoms with Crippen molar-refractivity contribution in [3.63, 3.8) is 0 Å². The van der Waals surface area contributed by atoms with E-state index in [1.165, 1.54) is 11.3 Å². The van der Waals surface area contributed by atoms with Crippen LogP contribution in [0.4, 0.5) is 5.69 Å². The molecule has 1 aromatic heterocycles. The van der Waals surface area contributed by atoms with Gasteiger partial charge in [0.25, 0.3) is 0 Å². The Bertz CT molecular complexity index is 1120. The molecule has 0 fully saturated rings. The lowest BCUT2D eigenvalue weighted by Crippen LogP contribution is -2.26. The van der Waals surface area contributed by atoms with Crippen LogP contribution in [0.15, 0.2) is 79.1 Å². The number of rotatable bonds is 5. The van der Waals surface area contributed by atoms with Gasteiger partial charge < -0.3 is 14.9 Å². The molecule has 0 aliphatic carbocycles. The second-order valence-corrected chi connectivity index (χ2v) is 9.39. The number of phenolic OH excluding ortho intramolecular Hbond substituents is 1. The highest BCUT2D eigenvalue weighted by Gasteiger charge is 2.31. The van der Waals surface area contributed by atoms with E-state index in [9.17, 15) is 5.11 Å². The quantitative estimate of drug-likeness (QED) is 0.589. The molecule has 0 unspecified atom stereocenters. The maximum Gasteiger partial charge on any atom is 0.119 e. The zero-order valence-electron chi connectivity index (χ0n) is 19.0. The maximum absolute atomic E-state index is 10.4. The minimum Gasteiger partial charge on any atom is -0.508 e. The lowest BCUT2D eigenvalue weighted by Gasteiger charge is -2.30. The fourth-order valence-electron chi connectivity index (χ4n) is 4.19. The SMILES string of the molecule is CN1C=CN(c2cccc(C(C)(C)c3cccc(C(C)(C)c4ccccc4O)n3)c2)C1. The van der Waals surface area contributed by atoms with Crippen molar-refractivity contribution in [2.75, 3.05) is 18.6 Å². The maximum atomic E-state index is 10.4. The molecule has 2 aromatic carbocycles. The Morgan fingerprint density at radius 2 is 1.48 bits per heavy atom. The summed E-state index contributed by atoms with van der Waals surface area (Å²) >= 11 is 0. The number of hydrogen-bond acceptors (Lipinski definition) is 4. The first-order valence-corrected chi connectivity index (χ1v) is 10.7. The molecule has 4 rings (SSSR count). The standard InChI is InChI=1S/C27H31N3O/c1-26(2,20-10-8-11-21(18-20)30-17-16-29(5)19-30)24-14-9-15-25(28-24)27(3,4)22-12-6-7-13-23(22)31/h6-18,31H,19H2,1-5H3. The molecule has 31 heavy (non-hydrogen) atoms. The second-order valence-electron chi connectivity index (χ2n) is 9.39. The smallest absolute Gasteiger partial charge is 0.119 e. The van der Waals surface area contributed by atoms with Crippen molar-refractivity contribution in [3.05, 3.63) is 102 Å². The van der Waals surface area contributed by atoms with Gasteiger partial charge in [-0.2, -0.15) is 0 Å². The fourth-order valence-corrected chi connectivity index (χ4v) is 4.19. The third-order valence-corrected chi connectivity index (χ3v) is 6.38. The summed E-state index contributed by atoms with van der Waals surface area (Å²) in [5.41, 5.74) is 4.55. The summed E-state index contributed by atoms with van der Waals surface area (Å²) in [5.74, 6) is 0.301. The first-order valence-electron chi connectivity index (χ1n) is 10.7. The molecule has 1 aliphatic heterocycles. The van der Waals surface area contributed by atoms with E-state index in [2.05, 4.69) is 93.3 Å². The van der Waals surface area contributed by atoms with E-state index in [0.717, 1.165) is 23.6 Å². The van der Waals surface area contributed by atoms with Crippen molar-refractivity contribution in [1.82, 2.24) is 9.88 Å². The molecule has 1 N–H and O–H groups in total. The molecular weight excluding hydrogens is 382 g/mol. The van der Waals surface area contributed by atoms with Gasteiger partial charge in [-0.1, -0.05) is 64.1 Å². The van der Waals surface area contributed by atoms with Crippen LogP contribution in [-0.4, -0.2) is 28.7 Å². The van der Waals surface area contributed by atoms with Crippen LogP contribution in [0.2, 0.25) is 0 Å². The Labute approximate surface area is 185 Å². The average molecular weight is 414 g/mol. The lowest BCUT2D eigenvalue weighted by atomic mass is 9.78. The van der Waals surface area contributed by atoms with Crippen molar-refractivity contribution in [1.29, 1.82) is 0 Å². The Hall–Kier alpha value is -3.27. The van der Waals surface area contributed by atoms with E-state index in [1.54, 1.807) is 6.07 Å². The number of hydrogen-bond donors (Lipinski definition) is 1. The number of aromatic hydroxyl groups is 1. The molecule has 4 nitrogen and oxygen atoms in total. The summed E-state index contributed by atoms with van der Waals surface area (Å²) < 4.78 is 0. The van der Waals surface area contributed by atoms with E-state index < -0.39 is 5.41 Å². The molecule has 2 heterocycles. The van der Waals surface area contributed by atoms with Crippen LogP contribution >= 0.6 is 0 Å². The highest BCUT2D eigenvalue weighted by atomic mass is 16.3. The van der Waals surface area contributed by atoms with Gasteiger partial charge in [-0.3, -0.25) is 4.98 Å². The summed E-state index contributed by atoms with van der Waals surface area (Å²) in [5, 5.41) is 10.4. The van der Waals surface area contributed by atoms with Crippen molar-refractivity contribution in [2.24, 2.45) is 0 Å². The molecule has 0 saturated heterocycles. The number of pyridine rings is 1. The van der Waals surface area contributed by atoms with Crippen molar-refractivity contribution >= 4 is 5.69 Å². The van der Waals surface area contributed by atoms with E-state index >= 15 is 0 Å². The number of nitrogens with zero attached hydrogens (tertiary/aromatic N) is 3. The molecular formula is C27H31N3O. The largest absolute Gasteiger partial charge is 0.508 e. The number of benzene rings is 2.